The molecule has 1 fully saturated rings. The Balaban J connectivity index is 2.27. The lowest BCUT2D eigenvalue weighted by Crippen LogP contribution is -2.43. The number of hydrogen-bond acceptors (Lipinski definition) is 4. The fourth-order valence-corrected chi connectivity index (χ4v) is 3.16. The molecule has 0 aromatic carbocycles. The molecule has 2 N–H and O–H groups in total. The van der Waals surface area contributed by atoms with Gasteiger partial charge in [-0.15, -0.1) is 6.58 Å². The number of allylic oxidation sites excluding steroid dienone is 1. The number of rotatable bonds is 4. The van der Waals surface area contributed by atoms with Crippen LogP contribution in [0.25, 0.3) is 0 Å². The zero-order valence-electron chi connectivity index (χ0n) is 11.8. The predicted molar refractivity (Wildman–Crippen MR) is 84.9 cm³/mol. The first-order valence-corrected chi connectivity index (χ1v) is 7.69. The molecule has 1 aliphatic rings. The molecular formula is C14H21BrN4O. The van der Waals surface area contributed by atoms with Crippen molar-refractivity contribution < 1.29 is 0 Å². The van der Waals surface area contributed by atoms with Crippen molar-refractivity contribution in [1.29, 1.82) is 0 Å². The zero-order valence-corrected chi connectivity index (χ0v) is 13.3. The van der Waals surface area contributed by atoms with Crippen LogP contribution in [0.3, 0.4) is 0 Å². The summed E-state index contributed by atoms with van der Waals surface area (Å²) >= 11 is 3.41. The van der Waals surface area contributed by atoms with Crippen LogP contribution >= 0.6 is 15.9 Å². The minimum atomic E-state index is -0.120. The normalized spacial score (nSPS) is 22.9. The molecule has 6 heteroatoms. The fraction of sp³-hybridized carbons (Fsp3) is 0.571. The van der Waals surface area contributed by atoms with E-state index in [1.807, 2.05) is 0 Å². The van der Waals surface area contributed by atoms with Crippen LogP contribution in [0.15, 0.2) is 28.1 Å². The topological polar surface area (TPSA) is 64.2 Å². The molecule has 0 radical (unpaired) electrons. The van der Waals surface area contributed by atoms with Gasteiger partial charge in [0.2, 0.25) is 0 Å². The Morgan fingerprint density at radius 3 is 3.05 bits per heavy atom. The average molecular weight is 341 g/mol. The highest BCUT2D eigenvalue weighted by Crippen LogP contribution is 2.29. The Bertz CT molecular complexity index is 542. The highest BCUT2D eigenvalue weighted by atomic mass is 79.9. The van der Waals surface area contributed by atoms with Crippen LogP contribution in [-0.4, -0.2) is 29.4 Å². The van der Waals surface area contributed by atoms with Crippen LogP contribution in [0, 0.1) is 11.8 Å². The second-order valence-corrected chi connectivity index (χ2v) is 6.12. The second-order valence-electron chi connectivity index (χ2n) is 5.33. The van der Waals surface area contributed by atoms with E-state index in [1.165, 1.54) is 4.68 Å². The molecule has 1 aliphatic heterocycles. The maximum Gasteiger partial charge on any atom is 0.283 e. The Morgan fingerprint density at radius 2 is 2.40 bits per heavy atom. The van der Waals surface area contributed by atoms with Gasteiger partial charge < -0.3 is 10.6 Å². The van der Waals surface area contributed by atoms with Gasteiger partial charge in [-0.25, -0.2) is 4.68 Å². The zero-order chi connectivity index (χ0) is 14.7. The van der Waals surface area contributed by atoms with Crippen molar-refractivity contribution in [2.75, 3.05) is 24.5 Å². The van der Waals surface area contributed by atoms with Crippen molar-refractivity contribution in [2.45, 2.75) is 19.9 Å². The van der Waals surface area contributed by atoms with E-state index in [0.717, 1.165) is 25.2 Å². The lowest BCUT2D eigenvalue weighted by molar-refractivity contribution is 0.307. The monoisotopic (exact) mass is 340 g/mol. The molecule has 0 amide bonds. The summed E-state index contributed by atoms with van der Waals surface area (Å²) in [6.45, 7) is 8.77. The summed E-state index contributed by atoms with van der Waals surface area (Å²) in [7, 11) is 0. The van der Waals surface area contributed by atoms with E-state index in [1.54, 1.807) is 12.3 Å². The predicted octanol–water partition coefficient (Wildman–Crippen LogP) is 1.61. The standard InChI is InChI=1S/C14H21BrN4O/c1-3-5-19-14(20)13(15)12(8-17-19)18-6-4-10(2)11(7-16)9-18/h3,8,10-11H,1,4-7,9,16H2,2H3. The van der Waals surface area contributed by atoms with Gasteiger partial charge >= 0.3 is 0 Å². The molecule has 2 unspecified atom stereocenters. The van der Waals surface area contributed by atoms with Gasteiger partial charge in [0.05, 0.1) is 18.4 Å². The quantitative estimate of drug-likeness (QED) is 0.846. The number of nitrogens with zero attached hydrogens (tertiary/aromatic N) is 3. The summed E-state index contributed by atoms with van der Waals surface area (Å²) in [6.07, 6.45) is 4.50. The van der Waals surface area contributed by atoms with Crippen LogP contribution in [0.2, 0.25) is 0 Å². The van der Waals surface area contributed by atoms with Crippen LogP contribution in [0.4, 0.5) is 5.69 Å². The number of piperidine rings is 1. The van der Waals surface area contributed by atoms with E-state index in [2.05, 4.69) is 39.4 Å². The molecule has 2 atom stereocenters. The highest BCUT2D eigenvalue weighted by Gasteiger charge is 2.27. The first-order chi connectivity index (χ1) is 9.58. The van der Waals surface area contributed by atoms with E-state index >= 15 is 0 Å². The third kappa shape index (κ3) is 2.96. The first kappa shape index (κ1) is 15.3. The van der Waals surface area contributed by atoms with Crippen molar-refractivity contribution in [3.8, 4) is 0 Å². The van der Waals surface area contributed by atoms with E-state index in [4.69, 9.17) is 5.73 Å². The first-order valence-electron chi connectivity index (χ1n) is 6.90. The highest BCUT2D eigenvalue weighted by molar-refractivity contribution is 9.10. The van der Waals surface area contributed by atoms with E-state index in [-0.39, 0.29) is 5.56 Å². The third-order valence-electron chi connectivity index (χ3n) is 4.03. The van der Waals surface area contributed by atoms with E-state index < -0.39 is 0 Å². The van der Waals surface area contributed by atoms with Crippen molar-refractivity contribution >= 4 is 21.6 Å². The summed E-state index contributed by atoms with van der Waals surface area (Å²) in [5, 5.41) is 4.20. The largest absolute Gasteiger partial charge is 0.369 e. The lowest BCUT2D eigenvalue weighted by Gasteiger charge is -2.38. The average Bonchev–Trinajstić information content (AvgIpc) is 2.45. The maximum absolute atomic E-state index is 12.2. The van der Waals surface area contributed by atoms with Crippen LogP contribution < -0.4 is 16.2 Å². The SMILES string of the molecule is C=CCn1ncc(N2CCC(C)C(CN)C2)c(Br)c1=O. The maximum atomic E-state index is 12.2. The molecule has 1 saturated heterocycles. The molecule has 1 aromatic rings. The number of anilines is 1. The van der Waals surface area contributed by atoms with Gasteiger partial charge in [0.1, 0.15) is 4.47 Å². The summed E-state index contributed by atoms with van der Waals surface area (Å²) in [5.41, 5.74) is 6.58. The van der Waals surface area contributed by atoms with Crippen molar-refractivity contribution in [1.82, 2.24) is 9.78 Å². The summed E-state index contributed by atoms with van der Waals surface area (Å²) in [4.78, 5) is 14.4. The van der Waals surface area contributed by atoms with Crippen molar-refractivity contribution in [3.05, 3.63) is 33.7 Å². The van der Waals surface area contributed by atoms with Crippen molar-refractivity contribution in [3.63, 3.8) is 0 Å². The molecule has 2 rings (SSSR count). The molecule has 0 aliphatic carbocycles. The number of hydrogen-bond donors (Lipinski definition) is 1. The number of aromatic nitrogens is 2. The molecular weight excluding hydrogens is 320 g/mol. The molecule has 110 valence electrons. The summed E-state index contributed by atoms with van der Waals surface area (Å²) in [6, 6.07) is 0. The molecule has 1 aromatic heterocycles. The molecule has 0 bridgehead atoms. The molecule has 0 spiro atoms. The Morgan fingerprint density at radius 1 is 1.65 bits per heavy atom. The summed E-state index contributed by atoms with van der Waals surface area (Å²) < 4.78 is 1.97. The number of nitrogens with two attached hydrogens (primary N) is 1. The molecule has 2 heterocycles. The lowest BCUT2D eigenvalue weighted by atomic mass is 9.87. The van der Waals surface area contributed by atoms with Crippen LogP contribution in [-0.2, 0) is 6.54 Å². The minimum absolute atomic E-state index is 0.120. The van der Waals surface area contributed by atoms with Crippen LogP contribution in [0.5, 0.6) is 0 Å². The van der Waals surface area contributed by atoms with Gasteiger partial charge in [-0.3, -0.25) is 4.79 Å². The number of halogens is 1. The Hall–Kier alpha value is -1.14. The van der Waals surface area contributed by atoms with Gasteiger partial charge in [0, 0.05) is 13.1 Å². The second kappa shape index (κ2) is 6.54. The Labute approximate surface area is 127 Å². The minimum Gasteiger partial charge on any atom is -0.369 e. The van der Waals surface area contributed by atoms with Crippen molar-refractivity contribution in [2.24, 2.45) is 17.6 Å². The fourth-order valence-electron chi connectivity index (χ4n) is 2.60. The summed E-state index contributed by atoms with van der Waals surface area (Å²) in [5.74, 6) is 1.09. The molecule has 5 nitrogen and oxygen atoms in total. The molecule has 20 heavy (non-hydrogen) atoms. The van der Waals surface area contributed by atoms with E-state index in [0.29, 0.717) is 29.4 Å². The smallest absolute Gasteiger partial charge is 0.283 e. The van der Waals surface area contributed by atoms with Gasteiger partial charge in [-0.2, -0.15) is 5.10 Å². The van der Waals surface area contributed by atoms with Gasteiger partial charge in [0.15, 0.2) is 0 Å². The van der Waals surface area contributed by atoms with E-state index in [9.17, 15) is 4.79 Å². The van der Waals surface area contributed by atoms with Gasteiger partial charge in [0.25, 0.3) is 5.56 Å². The van der Waals surface area contributed by atoms with Gasteiger partial charge in [-0.05, 0) is 40.7 Å². The Kier molecular flexibility index (Phi) is 4.99. The van der Waals surface area contributed by atoms with Gasteiger partial charge in [-0.1, -0.05) is 13.0 Å². The third-order valence-corrected chi connectivity index (χ3v) is 4.77. The van der Waals surface area contributed by atoms with Crippen LogP contribution in [0.1, 0.15) is 13.3 Å². The molecule has 0 saturated carbocycles.